The molecule has 4 heterocycles. The van der Waals surface area contributed by atoms with E-state index in [0.29, 0.717) is 6.42 Å². The highest BCUT2D eigenvalue weighted by atomic mass is 32.1. The molecule has 4 rings (SSSR count). The number of ether oxygens (including phenoxy) is 4. The first-order valence-corrected chi connectivity index (χ1v) is 16.1. The third-order valence-corrected chi connectivity index (χ3v) is 9.97. The molecule has 11 atom stereocenters. The Morgan fingerprint density at radius 2 is 1.84 bits per heavy atom. The monoisotopic (exact) mass is 625 g/mol. The highest BCUT2D eigenvalue weighted by Crippen LogP contribution is 2.38. The van der Waals surface area contributed by atoms with Gasteiger partial charge in [-0.1, -0.05) is 34.1 Å². The van der Waals surface area contributed by atoms with Crippen molar-refractivity contribution in [3.8, 4) is 0 Å². The van der Waals surface area contributed by atoms with Crippen LogP contribution in [0.5, 0.6) is 0 Å². The Bertz CT molecular complexity index is 1150. The molecule has 242 valence electrons. The SMILES string of the molecule is C/C(=C\c1csc(C)n1)[C@@H]1C[C@@H]2O[C@@H]2CCC[C@H](C)[C@H](O)[C@@H](C)C(=O)C(C)(C)[C@@H](O[C@@H]2O[C@H](CO)[C@@H](O)[C@@H]2O)CC(=O)O1. The van der Waals surface area contributed by atoms with Gasteiger partial charge in [0, 0.05) is 17.7 Å². The number of esters is 1. The molecular weight excluding hydrogens is 578 g/mol. The number of hydrogen-bond acceptors (Lipinski definition) is 12. The maximum Gasteiger partial charge on any atom is 0.309 e. The fraction of sp³-hybridized carbons (Fsp3) is 0.774. The Morgan fingerprint density at radius 3 is 2.47 bits per heavy atom. The number of fused-ring (bicyclic) bond motifs is 1. The number of epoxide rings is 1. The van der Waals surface area contributed by atoms with Gasteiger partial charge < -0.3 is 39.4 Å². The molecule has 43 heavy (non-hydrogen) atoms. The van der Waals surface area contributed by atoms with Gasteiger partial charge in [0.25, 0.3) is 0 Å². The molecule has 0 spiro atoms. The number of carbonyl (C=O) groups is 2. The van der Waals surface area contributed by atoms with Crippen molar-refractivity contribution in [2.24, 2.45) is 17.3 Å². The van der Waals surface area contributed by atoms with E-state index in [1.165, 1.54) is 11.3 Å². The molecule has 0 bridgehead atoms. The van der Waals surface area contributed by atoms with Crippen molar-refractivity contribution >= 4 is 29.2 Å². The van der Waals surface area contributed by atoms with E-state index in [0.717, 1.165) is 35.5 Å². The van der Waals surface area contributed by atoms with Crippen LogP contribution in [0.25, 0.3) is 6.08 Å². The molecule has 12 heteroatoms. The maximum absolute atomic E-state index is 13.9. The number of aryl methyl sites for hydroxylation is 1. The Labute approximate surface area is 257 Å². The van der Waals surface area contributed by atoms with Gasteiger partial charge in [-0.25, -0.2) is 4.98 Å². The smallest absolute Gasteiger partial charge is 0.309 e. The highest BCUT2D eigenvalue weighted by Gasteiger charge is 2.50. The van der Waals surface area contributed by atoms with Crippen LogP contribution >= 0.6 is 11.3 Å². The molecule has 1 aromatic rings. The quantitative estimate of drug-likeness (QED) is 0.280. The lowest BCUT2D eigenvalue weighted by Crippen LogP contribution is -2.49. The van der Waals surface area contributed by atoms with Gasteiger partial charge in [0.05, 0.1) is 53.6 Å². The number of nitrogens with zero attached hydrogens (tertiary/aromatic N) is 1. The number of cyclic esters (lactones) is 1. The van der Waals surface area contributed by atoms with Crippen LogP contribution in [-0.4, -0.2) is 98.9 Å². The summed E-state index contributed by atoms with van der Waals surface area (Å²) >= 11 is 1.53. The highest BCUT2D eigenvalue weighted by molar-refractivity contribution is 7.09. The van der Waals surface area contributed by atoms with Gasteiger partial charge in [-0.3, -0.25) is 9.59 Å². The van der Waals surface area contributed by atoms with E-state index in [9.17, 15) is 30.0 Å². The molecule has 3 aliphatic heterocycles. The van der Waals surface area contributed by atoms with Gasteiger partial charge in [-0.2, -0.15) is 0 Å². The second-order valence-corrected chi connectivity index (χ2v) is 14.0. The summed E-state index contributed by atoms with van der Waals surface area (Å²) < 4.78 is 23.6. The van der Waals surface area contributed by atoms with Gasteiger partial charge in [-0.05, 0) is 44.3 Å². The molecule has 3 fully saturated rings. The Balaban J connectivity index is 1.63. The molecule has 3 aliphatic rings. The predicted molar refractivity (Wildman–Crippen MR) is 158 cm³/mol. The summed E-state index contributed by atoms with van der Waals surface area (Å²) in [4.78, 5) is 32.0. The molecule has 3 saturated heterocycles. The minimum atomic E-state index is -1.51. The van der Waals surface area contributed by atoms with E-state index >= 15 is 0 Å². The summed E-state index contributed by atoms with van der Waals surface area (Å²) in [5.41, 5.74) is 0.246. The van der Waals surface area contributed by atoms with Crippen LogP contribution < -0.4 is 0 Å². The van der Waals surface area contributed by atoms with E-state index in [1.807, 2.05) is 32.2 Å². The predicted octanol–water partition coefficient (Wildman–Crippen LogP) is 2.55. The van der Waals surface area contributed by atoms with Crippen molar-refractivity contribution < 1.29 is 49.0 Å². The lowest BCUT2D eigenvalue weighted by atomic mass is 9.72. The van der Waals surface area contributed by atoms with Crippen LogP contribution in [0.2, 0.25) is 0 Å². The van der Waals surface area contributed by atoms with Crippen LogP contribution in [0.4, 0.5) is 0 Å². The maximum atomic E-state index is 13.9. The average molecular weight is 626 g/mol. The zero-order chi connectivity index (χ0) is 31.6. The molecule has 0 radical (unpaired) electrons. The summed E-state index contributed by atoms with van der Waals surface area (Å²) in [5.74, 6) is -1.87. The van der Waals surface area contributed by atoms with Crippen molar-refractivity contribution in [2.45, 2.75) is 129 Å². The number of aliphatic hydroxyl groups excluding tert-OH is 4. The minimum absolute atomic E-state index is 0.0359. The summed E-state index contributed by atoms with van der Waals surface area (Å²) in [6.45, 7) is 10.1. The molecule has 0 saturated carbocycles. The molecule has 0 amide bonds. The largest absolute Gasteiger partial charge is 0.458 e. The Kier molecular flexibility index (Phi) is 11.2. The molecule has 4 N–H and O–H groups in total. The van der Waals surface area contributed by atoms with E-state index in [-0.39, 0.29) is 30.3 Å². The first-order chi connectivity index (χ1) is 20.2. The third-order valence-electron chi connectivity index (χ3n) is 9.17. The zero-order valence-corrected chi connectivity index (χ0v) is 26.7. The van der Waals surface area contributed by atoms with E-state index in [1.54, 1.807) is 20.8 Å². The van der Waals surface area contributed by atoms with Crippen LogP contribution in [0.1, 0.15) is 77.4 Å². The standard InChI is InChI=1S/C31H47NO10S/c1-15-8-7-9-20-22(39-20)11-21(16(2)10-19-14-43-18(4)32-19)40-25(34)12-24(31(5,6)29(38)17(3)26(15)35)42-30-28(37)27(36)23(13-33)41-30/h10,14-15,17,20-24,26-28,30,33,35-37H,7-9,11-13H2,1-6H3/b16-10+/t15-,17+,20+,21-,22-,23+,24-,26-,27+,28-,30-/m0/s1. The van der Waals surface area contributed by atoms with Gasteiger partial charge >= 0.3 is 5.97 Å². The van der Waals surface area contributed by atoms with Crippen LogP contribution in [0.3, 0.4) is 0 Å². The van der Waals surface area contributed by atoms with Gasteiger partial charge in [0.2, 0.25) is 0 Å². The molecule has 0 aromatic carbocycles. The number of Topliss-reactive ketones (excluding diaryl/α,β-unsaturated/α-hetero) is 1. The Morgan fingerprint density at radius 1 is 1.12 bits per heavy atom. The normalized spacial score (nSPS) is 39.8. The number of aromatic nitrogens is 1. The van der Waals surface area contributed by atoms with Crippen LogP contribution in [-0.2, 0) is 28.5 Å². The second kappa shape index (κ2) is 14.1. The minimum Gasteiger partial charge on any atom is -0.458 e. The fourth-order valence-corrected chi connectivity index (χ4v) is 6.70. The van der Waals surface area contributed by atoms with Gasteiger partial charge in [0.15, 0.2) is 6.29 Å². The molecule has 0 unspecified atom stereocenters. The van der Waals surface area contributed by atoms with Crippen molar-refractivity contribution in [3.63, 3.8) is 0 Å². The van der Waals surface area contributed by atoms with Crippen LogP contribution in [0.15, 0.2) is 11.0 Å². The molecular formula is C31H47NO10S. The van der Waals surface area contributed by atoms with Crippen LogP contribution in [0, 0.1) is 24.2 Å². The summed E-state index contributed by atoms with van der Waals surface area (Å²) in [6.07, 6.45) is -3.78. The summed E-state index contributed by atoms with van der Waals surface area (Å²) in [7, 11) is 0. The van der Waals surface area contributed by atoms with Crippen molar-refractivity contribution in [2.75, 3.05) is 6.61 Å². The fourth-order valence-electron chi connectivity index (χ4n) is 6.13. The van der Waals surface area contributed by atoms with Crippen molar-refractivity contribution in [3.05, 3.63) is 21.7 Å². The van der Waals surface area contributed by atoms with Gasteiger partial charge in [-0.15, -0.1) is 11.3 Å². The zero-order valence-electron chi connectivity index (χ0n) is 25.8. The number of ketones is 1. The number of hydrogen-bond donors (Lipinski definition) is 4. The summed E-state index contributed by atoms with van der Waals surface area (Å²) in [6, 6.07) is 0. The molecule has 0 aliphatic carbocycles. The van der Waals surface area contributed by atoms with Crippen molar-refractivity contribution in [1.82, 2.24) is 4.98 Å². The van der Waals surface area contributed by atoms with E-state index < -0.39 is 66.8 Å². The van der Waals surface area contributed by atoms with Crippen molar-refractivity contribution in [1.29, 1.82) is 0 Å². The lowest BCUT2D eigenvalue weighted by molar-refractivity contribution is -0.218. The topological polar surface area (TPSA) is 168 Å². The average Bonchev–Trinajstić information content (AvgIpc) is 3.47. The second-order valence-electron chi connectivity index (χ2n) is 12.9. The lowest BCUT2D eigenvalue weighted by Gasteiger charge is -2.38. The number of rotatable bonds is 5. The third kappa shape index (κ3) is 8.09. The number of aliphatic hydroxyl groups is 4. The molecule has 11 nitrogen and oxygen atoms in total. The first kappa shape index (κ1) is 34.1. The number of thiazole rings is 1. The number of carbonyl (C=O) groups excluding carboxylic acids is 2. The molecule has 1 aromatic heterocycles. The first-order valence-electron chi connectivity index (χ1n) is 15.2. The Hall–Kier alpha value is -1.77. The van der Waals surface area contributed by atoms with E-state index in [2.05, 4.69) is 4.98 Å². The van der Waals surface area contributed by atoms with E-state index in [4.69, 9.17) is 18.9 Å². The summed E-state index contributed by atoms with van der Waals surface area (Å²) in [5, 5.41) is 44.3. The van der Waals surface area contributed by atoms with Gasteiger partial charge in [0.1, 0.15) is 30.2 Å².